The Balaban J connectivity index is 1.67. The maximum Gasteiger partial charge on any atom is 0.204 e. The number of hydrogen-bond acceptors (Lipinski definition) is 5. The fourth-order valence-corrected chi connectivity index (χ4v) is 2.83. The van der Waals surface area contributed by atoms with Crippen LogP contribution in [0.3, 0.4) is 0 Å². The molecule has 126 valence electrons. The van der Waals surface area contributed by atoms with Crippen molar-refractivity contribution in [3.05, 3.63) is 66.4 Å². The van der Waals surface area contributed by atoms with Crippen molar-refractivity contribution >= 4 is 17.0 Å². The van der Waals surface area contributed by atoms with Crippen LogP contribution in [0, 0.1) is 0 Å². The fraction of sp³-hybridized carbons (Fsp3) is 0.158. The van der Waals surface area contributed by atoms with Gasteiger partial charge in [-0.05, 0) is 12.1 Å². The van der Waals surface area contributed by atoms with Crippen molar-refractivity contribution in [2.24, 2.45) is 0 Å². The zero-order valence-electron chi connectivity index (χ0n) is 13.6. The Labute approximate surface area is 144 Å². The van der Waals surface area contributed by atoms with Crippen LogP contribution in [-0.2, 0) is 6.54 Å². The predicted molar refractivity (Wildman–Crippen MR) is 96.3 cm³/mol. The highest BCUT2D eigenvalue weighted by Crippen LogP contribution is 2.23. The van der Waals surface area contributed by atoms with Gasteiger partial charge < -0.3 is 19.5 Å². The van der Waals surface area contributed by atoms with E-state index < -0.39 is 0 Å². The lowest BCUT2D eigenvalue weighted by molar-refractivity contribution is 0.310. The Morgan fingerprint density at radius 3 is 2.68 bits per heavy atom. The van der Waals surface area contributed by atoms with Gasteiger partial charge >= 0.3 is 0 Å². The molecule has 0 radical (unpaired) electrons. The summed E-state index contributed by atoms with van der Waals surface area (Å²) in [4.78, 5) is 4.59. The van der Waals surface area contributed by atoms with E-state index in [2.05, 4.69) is 15.5 Å². The SMILES string of the molecule is OCCNc1nc2ccccc2n1Cc1cc(-c2ccccc2)no1. The van der Waals surface area contributed by atoms with Crippen LogP contribution in [0.2, 0.25) is 0 Å². The van der Waals surface area contributed by atoms with E-state index in [1.54, 1.807) is 0 Å². The van der Waals surface area contributed by atoms with Gasteiger partial charge in [-0.3, -0.25) is 0 Å². The summed E-state index contributed by atoms with van der Waals surface area (Å²) in [6.45, 7) is 0.993. The van der Waals surface area contributed by atoms with Crippen LogP contribution >= 0.6 is 0 Å². The number of anilines is 1. The topological polar surface area (TPSA) is 76.1 Å². The van der Waals surface area contributed by atoms with E-state index in [0.717, 1.165) is 28.1 Å². The summed E-state index contributed by atoms with van der Waals surface area (Å²) in [5, 5.41) is 16.4. The van der Waals surface area contributed by atoms with E-state index in [0.29, 0.717) is 19.0 Å². The largest absolute Gasteiger partial charge is 0.395 e. The van der Waals surface area contributed by atoms with Gasteiger partial charge in [-0.2, -0.15) is 0 Å². The molecule has 0 saturated carbocycles. The molecule has 2 aromatic carbocycles. The van der Waals surface area contributed by atoms with Gasteiger partial charge in [0, 0.05) is 18.2 Å². The van der Waals surface area contributed by atoms with E-state index in [4.69, 9.17) is 9.63 Å². The van der Waals surface area contributed by atoms with Gasteiger partial charge in [0.05, 0.1) is 24.2 Å². The molecule has 2 heterocycles. The van der Waals surface area contributed by atoms with Crippen LogP contribution in [0.4, 0.5) is 5.95 Å². The minimum absolute atomic E-state index is 0.0453. The van der Waals surface area contributed by atoms with Gasteiger partial charge in [-0.1, -0.05) is 47.6 Å². The molecule has 0 bridgehead atoms. The van der Waals surface area contributed by atoms with Crippen LogP contribution in [0.25, 0.3) is 22.3 Å². The molecule has 0 fully saturated rings. The van der Waals surface area contributed by atoms with Crippen LogP contribution < -0.4 is 5.32 Å². The molecule has 2 N–H and O–H groups in total. The average molecular weight is 334 g/mol. The average Bonchev–Trinajstić information content (AvgIpc) is 3.26. The summed E-state index contributed by atoms with van der Waals surface area (Å²) >= 11 is 0. The second-order valence-electron chi connectivity index (χ2n) is 5.71. The monoisotopic (exact) mass is 334 g/mol. The number of aliphatic hydroxyl groups excluding tert-OH is 1. The van der Waals surface area contributed by atoms with Crippen molar-refractivity contribution in [1.82, 2.24) is 14.7 Å². The number of rotatable bonds is 6. The van der Waals surface area contributed by atoms with Gasteiger partial charge in [0.2, 0.25) is 5.95 Å². The summed E-state index contributed by atoms with van der Waals surface area (Å²) in [6.07, 6.45) is 0. The summed E-state index contributed by atoms with van der Waals surface area (Å²) in [5.41, 5.74) is 3.72. The van der Waals surface area contributed by atoms with E-state index in [-0.39, 0.29) is 6.61 Å². The molecule has 0 saturated heterocycles. The lowest BCUT2D eigenvalue weighted by Gasteiger charge is -2.08. The molecule has 25 heavy (non-hydrogen) atoms. The smallest absolute Gasteiger partial charge is 0.204 e. The first kappa shape index (κ1) is 15.4. The van der Waals surface area contributed by atoms with Crippen LogP contribution in [0.5, 0.6) is 0 Å². The summed E-state index contributed by atoms with van der Waals surface area (Å²) in [6, 6.07) is 19.8. The van der Waals surface area contributed by atoms with Crippen LogP contribution in [-0.4, -0.2) is 33.0 Å². The number of fused-ring (bicyclic) bond motifs is 1. The summed E-state index contributed by atoms with van der Waals surface area (Å²) < 4.78 is 7.55. The molecular formula is C19H18N4O2. The van der Waals surface area contributed by atoms with Gasteiger partial charge in [0.1, 0.15) is 5.69 Å². The van der Waals surface area contributed by atoms with E-state index in [9.17, 15) is 0 Å². The molecular weight excluding hydrogens is 316 g/mol. The second-order valence-corrected chi connectivity index (χ2v) is 5.71. The van der Waals surface area contributed by atoms with Crippen LogP contribution in [0.15, 0.2) is 65.2 Å². The number of para-hydroxylation sites is 2. The third-order valence-corrected chi connectivity index (χ3v) is 3.99. The molecule has 0 aliphatic carbocycles. The Bertz CT molecular complexity index is 975. The normalized spacial score (nSPS) is 11.1. The van der Waals surface area contributed by atoms with Crippen molar-refractivity contribution in [2.75, 3.05) is 18.5 Å². The van der Waals surface area contributed by atoms with Gasteiger partial charge in [-0.15, -0.1) is 0 Å². The van der Waals surface area contributed by atoms with Gasteiger partial charge in [0.15, 0.2) is 5.76 Å². The molecule has 0 atom stereocenters. The maximum atomic E-state index is 9.08. The highest BCUT2D eigenvalue weighted by molar-refractivity contribution is 5.78. The fourth-order valence-electron chi connectivity index (χ4n) is 2.83. The minimum atomic E-state index is 0.0453. The number of nitrogens with one attached hydrogen (secondary N) is 1. The lowest BCUT2D eigenvalue weighted by atomic mass is 10.1. The Hall–Kier alpha value is -3.12. The van der Waals surface area contributed by atoms with Crippen molar-refractivity contribution in [3.63, 3.8) is 0 Å². The second kappa shape index (κ2) is 6.78. The maximum absolute atomic E-state index is 9.08. The van der Waals surface area contributed by atoms with Gasteiger partial charge in [-0.25, -0.2) is 4.98 Å². The Kier molecular flexibility index (Phi) is 4.18. The standard InChI is InChI=1S/C19H18N4O2/c24-11-10-20-19-21-16-8-4-5-9-18(16)23(19)13-15-12-17(22-25-15)14-6-2-1-3-7-14/h1-9,12,24H,10-11,13H2,(H,20,21). The van der Waals surface area contributed by atoms with E-state index in [1.807, 2.05) is 65.2 Å². The molecule has 4 rings (SSSR count). The molecule has 0 aliphatic rings. The van der Waals surface area contributed by atoms with Crippen molar-refractivity contribution < 1.29 is 9.63 Å². The van der Waals surface area contributed by atoms with Crippen molar-refractivity contribution in [2.45, 2.75) is 6.54 Å². The van der Waals surface area contributed by atoms with Crippen LogP contribution in [0.1, 0.15) is 5.76 Å². The first-order valence-electron chi connectivity index (χ1n) is 8.16. The first-order valence-corrected chi connectivity index (χ1v) is 8.16. The minimum Gasteiger partial charge on any atom is -0.395 e. The molecule has 6 nitrogen and oxygen atoms in total. The zero-order chi connectivity index (χ0) is 17.1. The van der Waals surface area contributed by atoms with E-state index >= 15 is 0 Å². The van der Waals surface area contributed by atoms with Crippen molar-refractivity contribution in [3.8, 4) is 11.3 Å². The summed E-state index contributed by atoms with van der Waals surface area (Å²) in [7, 11) is 0. The number of aliphatic hydroxyl groups is 1. The quantitative estimate of drug-likeness (QED) is 0.566. The third kappa shape index (κ3) is 3.12. The predicted octanol–water partition coefficient (Wildman–Crippen LogP) is 3.14. The third-order valence-electron chi connectivity index (χ3n) is 3.99. The number of aromatic nitrogens is 3. The first-order chi connectivity index (χ1) is 12.3. The number of hydrogen-bond donors (Lipinski definition) is 2. The Morgan fingerprint density at radius 2 is 1.84 bits per heavy atom. The van der Waals surface area contributed by atoms with E-state index in [1.165, 1.54) is 0 Å². The molecule has 6 heteroatoms. The highest BCUT2D eigenvalue weighted by Gasteiger charge is 2.13. The lowest BCUT2D eigenvalue weighted by Crippen LogP contribution is -2.11. The zero-order valence-corrected chi connectivity index (χ0v) is 13.6. The molecule has 0 aliphatic heterocycles. The molecule has 0 amide bonds. The molecule has 4 aromatic rings. The Morgan fingerprint density at radius 1 is 1.04 bits per heavy atom. The number of benzene rings is 2. The molecule has 0 spiro atoms. The molecule has 2 aromatic heterocycles. The van der Waals surface area contributed by atoms with Gasteiger partial charge in [0.25, 0.3) is 0 Å². The highest BCUT2D eigenvalue weighted by atomic mass is 16.5. The molecule has 0 unspecified atom stereocenters. The summed E-state index contributed by atoms with van der Waals surface area (Å²) in [5.74, 6) is 1.45. The number of nitrogens with zero attached hydrogens (tertiary/aromatic N) is 3. The number of imidazole rings is 1. The van der Waals surface area contributed by atoms with Crippen molar-refractivity contribution in [1.29, 1.82) is 0 Å².